The van der Waals surface area contributed by atoms with Crippen LogP contribution in [0, 0.1) is 6.92 Å². The highest BCUT2D eigenvalue weighted by Gasteiger charge is 2.34. The number of amides is 2. The van der Waals surface area contributed by atoms with Crippen molar-refractivity contribution in [1.82, 2.24) is 10.2 Å². The summed E-state index contributed by atoms with van der Waals surface area (Å²) in [6.45, 7) is 3.62. The number of carbonyl (C=O) groups excluding carboxylic acids is 2. The number of benzene rings is 4. The first kappa shape index (κ1) is 32.8. The molecule has 1 atom stereocenters. The number of methoxy groups -OCH3 is 1. The van der Waals surface area contributed by atoms with Gasteiger partial charge in [-0.2, -0.15) is 0 Å². The van der Waals surface area contributed by atoms with Crippen LogP contribution in [0.1, 0.15) is 23.6 Å². The molecule has 2 amide bonds. The standard InChI is InChI=1S/C34H36BrN3O5S/c1-4-36-34(40)32(21-26-9-6-5-7-10-26)37(23-27-15-17-28(35)18-16-27)33(39)24-38(29-11-8-12-30(22-29)43-3)44(41,42)31-19-13-25(2)14-20-31/h5-20,22,32H,4,21,23-24H2,1-3H3,(H,36,40). The van der Waals surface area contributed by atoms with E-state index >= 15 is 0 Å². The Hall–Kier alpha value is -4.15. The highest BCUT2D eigenvalue weighted by molar-refractivity contribution is 9.10. The largest absolute Gasteiger partial charge is 0.497 e. The van der Waals surface area contributed by atoms with Crippen molar-refractivity contribution in [2.45, 2.75) is 37.8 Å². The number of ether oxygens (including phenoxy) is 1. The van der Waals surface area contributed by atoms with E-state index in [0.717, 1.165) is 25.5 Å². The first-order chi connectivity index (χ1) is 21.1. The number of nitrogens with one attached hydrogen (secondary N) is 1. The van der Waals surface area contributed by atoms with Gasteiger partial charge in [0.1, 0.15) is 18.3 Å². The number of nitrogens with zero attached hydrogens (tertiary/aromatic N) is 2. The van der Waals surface area contributed by atoms with Crippen molar-refractivity contribution in [3.8, 4) is 5.75 Å². The molecule has 0 aromatic heterocycles. The molecular formula is C34H36BrN3O5S. The molecule has 230 valence electrons. The third-order valence-electron chi connectivity index (χ3n) is 7.12. The van der Waals surface area contributed by atoms with Crippen molar-refractivity contribution in [3.63, 3.8) is 0 Å². The SMILES string of the molecule is CCNC(=O)C(Cc1ccccc1)N(Cc1ccc(Br)cc1)C(=O)CN(c1cccc(OC)c1)S(=O)(=O)c1ccc(C)cc1. The molecule has 0 heterocycles. The van der Waals surface area contributed by atoms with E-state index in [2.05, 4.69) is 21.2 Å². The molecule has 0 radical (unpaired) electrons. The van der Waals surface area contributed by atoms with Crippen molar-refractivity contribution < 1.29 is 22.7 Å². The molecule has 0 fully saturated rings. The molecule has 10 heteroatoms. The van der Waals surface area contributed by atoms with Crippen LogP contribution in [0.15, 0.2) is 112 Å². The Labute approximate surface area is 267 Å². The second-order valence-corrected chi connectivity index (χ2v) is 13.1. The highest BCUT2D eigenvalue weighted by atomic mass is 79.9. The van der Waals surface area contributed by atoms with Crippen LogP contribution in [0.4, 0.5) is 5.69 Å². The molecule has 1 unspecified atom stereocenters. The molecule has 1 N–H and O–H groups in total. The van der Waals surface area contributed by atoms with Gasteiger partial charge in [-0.15, -0.1) is 0 Å². The molecule has 4 aromatic carbocycles. The molecule has 4 rings (SSSR count). The summed E-state index contributed by atoms with van der Waals surface area (Å²) < 4.78 is 35.6. The number of aryl methyl sites for hydroxylation is 1. The van der Waals surface area contributed by atoms with Gasteiger partial charge in [-0.25, -0.2) is 8.42 Å². The highest BCUT2D eigenvalue weighted by Crippen LogP contribution is 2.28. The lowest BCUT2D eigenvalue weighted by Crippen LogP contribution is -2.53. The average molecular weight is 679 g/mol. The van der Waals surface area contributed by atoms with Crippen molar-refractivity contribution in [1.29, 1.82) is 0 Å². The van der Waals surface area contributed by atoms with E-state index in [1.165, 1.54) is 24.1 Å². The normalized spacial score (nSPS) is 11.8. The molecule has 0 aliphatic rings. The van der Waals surface area contributed by atoms with Crippen LogP contribution in [0.25, 0.3) is 0 Å². The Bertz CT molecular complexity index is 1660. The lowest BCUT2D eigenvalue weighted by Gasteiger charge is -2.34. The Balaban J connectivity index is 1.80. The molecule has 0 aliphatic carbocycles. The van der Waals surface area contributed by atoms with Crippen LogP contribution >= 0.6 is 15.9 Å². The fraction of sp³-hybridized carbons (Fsp3) is 0.235. The third-order valence-corrected chi connectivity index (χ3v) is 9.43. The molecular weight excluding hydrogens is 642 g/mol. The second kappa shape index (κ2) is 15.0. The fourth-order valence-corrected chi connectivity index (χ4v) is 6.43. The van der Waals surface area contributed by atoms with Gasteiger partial charge in [0.05, 0.1) is 17.7 Å². The number of halogens is 1. The van der Waals surface area contributed by atoms with Crippen LogP contribution in [0.2, 0.25) is 0 Å². The summed E-state index contributed by atoms with van der Waals surface area (Å²) >= 11 is 3.45. The number of hydrogen-bond donors (Lipinski definition) is 1. The number of hydrogen-bond acceptors (Lipinski definition) is 5. The number of carbonyl (C=O) groups is 2. The van der Waals surface area contributed by atoms with Gasteiger partial charge in [0.2, 0.25) is 11.8 Å². The van der Waals surface area contributed by atoms with Crippen LogP contribution in [-0.2, 0) is 32.6 Å². The first-order valence-electron chi connectivity index (χ1n) is 14.2. The summed E-state index contributed by atoms with van der Waals surface area (Å²) in [5.74, 6) is -0.412. The van der Waals surface area contributed by atoms with Crippen molar-refractivity contribution in [2.24, 2.45) is 0 Å². The van der Waals surface area contributed by atoms with Gasteiger partial charge in [0.15, 0.2) is 0 Å². The van der Waals surface area contributed by atoms with E-state index in [4.69, 9.17) is 4.74 Å². The zero-order valence-corrected chi connectivity index (χ0v) is 27.3. The van der Waals surface area contributed by atoms with E-state index < -0.39 is 28.5 Å². The van der Waals surface area contributed by atoms with Crippen LogP contribution in [0.3, 0.4) is 0 Å². The minimum Gasteiger partial charge on any atom is -0.497 e. The van der Waals surface area contributed by atoms with Crippen molar-refractivity contribution in [3.05, 3.63) is 124 Å². The maximum Gasteiger partial charge on any atom is 0.264 e. The maximum atomic E-state index is 14.4. The van der Waals surface area contributed by atoms with Gasteiger partial charge < -0.3 is 15.0 Å². The predicted molar refractivity (Wildman–Crippen MR) is 176 cm³/mol. The predicted octanol–water partition coefficient (Wildman–Crippen LogP) is 5.74. The summed E-state index contributed by atoms with van der Waals surface area (Å²) in [6, 6.07) is 29.0. The van der Waals surface area contributed by atoms with Gasteiger partial charge in [-0.05, 0) is 61.4 Å². The Morgan fingerprint density at radius 2 is 1.57 bits per heavy atom. The van der Waals surface area contributed by atoms with E-state index in [1.807, 2.05) is 68.4 Å². The first-order valence-corrected chi connectivity index (χ1v) is 16.4. The molecule has 0 aliphatic heterocycles. The summed E-state index contributed by atoms with van der Waals surface area (Å²) in [6.07, 6.45) is 0.249. The smallest absolute Gasteiger partial charge is 0.264 e. The van der Waals surface area contributed by atoms with Crippen LogP contribution < -0.4 is 14.4 Å². The summed E-state index contributed by atoms with van der Waals surface area (Å²) in [4.78, 5) is 29.5. The Kier molecular flexibility index (Phi) is 11.2. The van der Waals surface area contributed by atoms with Gasteiger partial charge in [-0.3, -0.25) is 13.9 Å². The molecule has 8 nitrogen and oxygen atoms in total. The van der Waals surface area contributed by atoms with Crippen LogP contribution in [-0.4, -0.2) is 51.4 Å². The zero-order valence-electron chi connectivity index (χ0n) is 24.9. The summed E-state index contributed by atoms with van der Waals surface area (Å²) in [5.41, 5.74) is 2.83. The molecule has 0 saturated heterocycles. The number of sulfonamides is 1. The van der Waals surface area contributed by atoms with E-state index in [0.29, 0.717) is 12.3 Å². The van der Waals surface area contributed by atoms with Gasteiger partial charge >= 0.3 is 0 Å². The van der Waals surface area contributed by atoms with Gasteiger partial charge in [-0.1, -0.05) is 82.2 Å². The molecule has 0 saturated carbocycles. The second-order valence-electron chi connectivity index (χ2n) is 10.3. The topological polar surface area (TPSA) is 96.0 Å². The fourth-order valence-electron chi connectivity index (χ4n) is 4.76. The minimum absolute atomic E-state index is 0.0442. The number of likely N-dealkylation sites (N-methyl/N-ethyl adjacent to an activating group) is 1. The lowest BCUT2D eigenvalue weighted by molar-refractivity contribution is -0.140. The number of anilines is 1. The quantitative estimate of drug-likeness (QED) is 0.195. The minimum atomic E-state index is -4.19. The molecule has 4 aromatic rings. The van der Waals surface area contributed by atoms with Crippen molar-refractivity contribution in [2.75, 3.05) is 24.5 Å². The summed E-state index contributed by atoms with van der Waals surface area (Å²) in [5, 5.41) is 2.87. The Morgan fingerprint density at radius 3 is 2.20 bits per heavy atom. The van der Waals surface area contributed by atoms with Gasteiger partial charge in [0, 0.05) is 30.0 Å². The maximum absolute atomic E-state index is 14.4. The monoisotopic (exact) mass is 677 g/mol. The molecule has 0 spiro atoms. The molecule has 44 heavy (non-hydrogen) atoms. The van der Waals surface area contributed by atoms with E-state index in [9.17, 15) is 18.0 Å². The zero-order chi connectivity index (χ0) is 31.7. The Morgan fingerprint density at radius 1 is 0.886 bits per heavy atom. The number of rotatable bonds is 13. The van der Waals surface area contributed by atoms with Crippen molar-refractivity contribution >= 4 is 43.5 Å². The van der Waals surface area contributed by atoms with E-state index in [1.54, 1.807) is 36.4 Å². The van der Waals surface area contributed by atoms with Crippen LogP contribution in [0.5, 0.6) is 5.75 Å². The lowest BCUT2D eigenvalue weighted by atomic mass is 10.0. The van der Waals surface area contributed by atoms with E-state index in [-0.39, 0.29) is 29.5 Å². The third kappa shape index (κ3) is 8.27. The molecule has 0 bridgehead atoms. The average Bonchev–Trinajstić information content (AvgIpc) is 3.03. The van der Waals surface area contributed by atoms with Gasteiger partial charge in [0.25, 0.3) is 10.0 Å². The summed E-state index contributed by atoms with van der Waals surface area (Å²) in [7, 11) is -2.70.